The van der Waals surface area contributed by atoms with E-state index >= 15 is 0 Å². The molecule has 12 heteroatoms. The predicted octanol–water partition coefficient (Wildman–Crippen LogP) is 5.16. The fourth-order valence-corrected chi connectivity index (χ4v) is 4.20. The molecule has 2 heterocycles. The lowest BCUT2D eigenvalue weighted by Gasteiger charge is -2.33. The lowest BCUT2D eigenvalue weighted by molar-refractivity contribution is -0.0185. The van der Waals surface area contributed by atoms with Gasteiger partial charge in [0.1, 0.15) is 47.4 Å². The topological polar surface area (TPSA) is 99.1 Å². The van der Waals surface area contributed by atoms with E-state index in [-0.39, 0.29) is 30.0 Å². The summed E-state index contributed by atoms with van der Waals surface area (Å²) in [5.74, 6) is -3.86. The number of nitrogens with zero attached hydrogens (tertiary/aromatic N) is 5. The molecule has 0 aliphatic carbocycles. The lowest BCUT2D eigenvalue weighted by atomic mass is 9.80. The van der Waals surface area contributed by atoms with Gasteiger partial charge in [0, 0.05) is 28.8 Å². The minimum atomic E-state index is -1.94. The molecule has 0 saturated carbocycles. The third kappa shape index (κ3) is 5.36. The van der Waals surface area contributed by atoms with Gasteiger partial charge in [-0.15, -0.1) is 5.10 Å². The van der Waals surface area contributed by atoms with Crippen LogP contribution in [-0.4, -0.2) is 30.5 Å². The van der Waals surface area contributed by atoms with E-state index in [1.807, 2.05) is 0 Å². The molecule has 0 amide bonds. The van der Waals surface area contributed by atoms with Crippen LogP contribution in [0.2, 0.25) is 0 Å². The van der Waals surface area contributed by atoms with Gasteiger partial charge < -0.3 is 14.4 Å². The van der Waals surface area contributed by atoms with Gasteiger partial charge in [0.25, 0.3) is 0 Å². The zero-order valence-corrected chi connectivity index (χ0v) is 20.4. The number of tetrazole rings is 1. The van der Waals surface area contributed by atoms with Gasteiger partial charge in [0.2, 0.25) is 0 Å². The summed E-state index contributed by atoms with van der Waals surface area (Å²) in [4.78, 5) is 0. The first-order valence-corrected chi connectivity index (χ1v) is 11.8. The number of aliphatic hydroxyl groups is 1. The van der Waals surface area contributed by atoms with Crippen LogP contribution in [0.5, 0.6) is 5.75 Å². The number of halogens is 4. The van der Waals surface area contributed by atoms with Crippen molar-refractivity contribution < 1.29 is 31.9 Å². The molecule has 39 heavy (non-hydrogen) atoms. The molecule has 0 radical (unpaired) electrons. The summed E-state index contributed by atoms with van der Waals surface area (Å²) in [5, 5.41) is 26.6. The van der Waals surface area contributed by atoms with E-state index in [1.54, 1.807) is 37.3 Å². The summed E-state index contributed by atoms with van der Waals surface area (Å²) in [6, 6.07) is 15.0. The molecule has 2 atom stereocenters. The van der Waals surface area contributed by atoms with Crippen LogP contribution in [0.1, 0.15) is 29.7 Å². The number of rotatable bonds is 9. The Hall–Kier alpha value is -4.58. The molecule has 0 fully saturated rings. The van der Waals surface area contributed by atoms with Crippen molar-refractivity contribution >= 4 is 0 Å². The molecule has 0 saturated heterocycles. The highest BCUT2D eigenvalue weighted by Crippen LogP contribution is 2.40. The first kappa shape index (κ1) is 26.0. The number of aromatic nitrogens is 5. The normalized spacial score (nSPS) is 13.7. The number of ether oxygens (including phenoxy) is 1. The molecular formula is C27H21F4N5O3. The van der Waals surface area contributed by atoms with E-state index < -0.39 is 34.8 Å². The first-order valence-electron chi connectivity index (χ1n) is 11.8. The molecule has 8 nitrogen and oxygen atoms in total. The highest BCUT2D eigenvalue weighted by Gasteiger charge is 2.42. The van der Waals surface area contributed by atoms with E-state index in [1.165, 1.54) is 23.1 Å². The highest BCUT2D eigenvalue weighted by atomic mass is 19.2. The van der Waals surface area contributed by atoms with Crippen molar-refractivity contribution in [2.24, 2.45) is 0 Å². The van der Waals surface area contributed by atoms with E-state index in [4.69, 9.17) is 9.26 Å². The zero-order valence-electron chi connectivity index (χ0n) is 20.4. The minimum Gasteiger partial charge on any atom is -0.489 e. The lowest BCUT2D eigenvalue weighted by Crippen LogP contribution is -2.38. The number of benzene rings is 3. The molecule has 5 rings (SSSR count). The van der Waals surface area contributed by atoms with Crippen LogP contribution in [0.4, 0.5) is 17.6 Å². The van der Waals surface area contributed by atoms with Crippen LogP contribution in [0.3, 0.4) is 0 Å². The van der Waals surface area contributed by atoms with E-state index in [2.05, 4.69) is 20.7 Å². The van der Waals surface area contributed by atoms with Gasteiger partial charge in [0.05, 0.1) is 12.5 Å². The molecule has 0 spiro atoms. The summed E-state index contributed by atoms with van der Waals surface area (Å²) >= 11 is 0. The van der Waals surface area contributed by atoms with Crippen LogP contribution in [-0.2, 0) is 18.8 Å². The van der Waals surface area contributed by atoms with Crippen molar-refractivity contribution in [2.75, 3.05) is 0 Å². The third-order valence-electron chi connectivity index (χ3n) is 6.44. The van der Waals surface area contributed by atoms with E-state index in [0.29, 0.717) is 23.1 Å². The maximum absolute atomic E-state index is 14.8. The monoisotopic (exact) mass is 539 g/mol. The zero-order chi connectivity index (χ0) is 27.6. The van der Waals surface area contributed by atoms with Gasteiger partial charge in [-0.05, 0) is 46.8 Å². The van der Waals surface area contributed by atoms with Gasteiger partial charge in [-0.2, -0.15) is 0 Å². The molecule has 5 aromatic rings. The molecule has 3 aromatic carbocycles. The first-order chi connectivity index (χ1) is 18.7. The maximum atomic E-state index is 14.8. The molecule has 0 aliphatic rings. The fourth-order valence-electron chi connectivity index (χ4n) is 4.20. The van der Waals surface area contributed by atoms with Crippen molar-refractivity contribution in [2.45, 2.75) is 31.6 Å². The van der Waals surface area contributed by atoms with Crippen LogP contribution in [0, 0.1) is 23.3 Å². The summed E-state index contributed by atoms with van der Waals surface area (Å²) in [6.45, 7) is 1.20. The fraction of sp³-hybridized carbons (Fsp3) is 0.185. The van der Waals surface area contributed by atoms with E-state index in [0.717, 1.165) is 18.2 Å². The molecule has 1 N–H and O–H groups in total. The Bertz CT molecular complexity index is 1580. The standard InChI is InChI=1S/C27H21F4N5O3/c1-16(27(37,14-36-15-32-34-35-36)21-10-7-19(28)11-23(21)30)25-12-24(33-39-25)17-5-8-20(9-6-17)38-13-18-3-2-4-22(29)26(18)31/h2-12,15-16,37H,13-14H2,1H3/t16-,27+/m0/s1. The van der Waals surface area contributed by atoms with Gasteiger partial charge in [-0.25, -0.2) is 22.2 Å². The van der Waals surface area contributed by atoms with E-state index in [9.17, 15) is 22.7 Å². The average molecular weight is 539 g/mol. The van der Waals surface area contributed by atoms with Crippen LogP contribution in [0.15, 0.2) is 77.6 Å². The van der Waals surface area contributed by atoms with Crippen molar-refractivity contribution in [3.05, 3.63) is 113 Å². The second kappa shape index (κ2) is 10.7. The summed E-state index contributed by atoms with van der Waals surface area (Å²) < 4.78 is 68.0. The Morgan fingerprint density at radius 2 is 1.79 bits per heavy atom. The quantitative estimate of drug-likeness (QED) is 0.259. The van der Waals surface area contributed by atoms with Crippen molar-refractivity contribution in [1.82, 2.24) is 25.4 Å². The Labute approximate surface area is 219 Å². The summed E-state index contributed by atoms with van der Waals surface area (Å²) in [6.07, 6.45) is 1.26. The Morgan fingerprint density at radius 3 is 2.51 bits per heavy atom. The third-order valence-corrected chi connectivity index (χ3v) is 6.44. The van der Waals surface area contributed by atoms with Crippen molar-refractivity contribution in [3.63, 3.8) is 0 Å². The molecule has 0 bridgehead atoms. The Balaban J connectivity index is 1.36. The van der Waals surface area contributed by atoms with Crippen molar-refractivity contribution in [1.29, 1.82) is 0 Å². The average Bonchev–Trinajstić information content (AvgIpc) is 3.62. The molecule has 2 aromatic heterocycles. The maximum Gasteiger partial charge on any atom is 0.165 e. The largest absolute Gasteiger partial charge is 0.489 e. The molecule has 200 valence electrons. The molecule has 0 aliphatic heterocycles. The van der Waals surface area contributed by atoms with Crippen LogP contribution in [0.25, 0.3) is 11.3 Å². The second-order valence-electron chi connectivity index (χ2n) is 8.92. The van der Waals surface area contributed by atoms with Gasteiger partial charge in [0.15, 0.2) is 11.6 Å². The Morgan fingerprint density at radius 1 is 1.00 bits per heavy atom. The van der Waals surface area contributed by atoms with Crippen LogP contribution >= 0.6 is 0 Å². The van der Waals surface area contributed by atoms with Gasteiger partial charge in [-0.1, -0.05) is 30.3 Å². The summed E-state index contributed by atoms with van der Waals surface area (Å²) in [5.41, 5.74) is -0.960. The molecular weight excluding hydrogens is 518 g/mol. The number of hydrogen-bond donors (Lipinski definition) is 1. The van der Waals surface area contributed by atoms with Crippen molar-refractivity contribution in [3.8, 4) is 17.0 Å². The molecule has 0 unspecified atom stereocenters. The SMILES string of the molecule is C[C@@H](c1cc(-c2ccc(OCc3cccc(F)c3F)cc2)no1)[C@](O)(Cn1cnnn1)c1ccc(F)cc1F. The smallest absolute Gasteiger partial charge is 0.165 e. The Kier molecular flexibility index (Phi) is 7.11. The highest BCUT2D eigenvalue weighted by molar-refractivity contribution is 5.60. The second-order valence-corrected chi connectivity index (χ2v) is 8.92. The van der Waals surface area contributed by atoms with Crippen LogP contribution < -0.4 is 4.74 Å². The summed E-state index contributed by atoms with van der Waals surface area (Å²) in [7, 11) is 0. The van der Waals surface area contributed by atoms with Gasteiger partial charge >= 0.3 is 0 Å². The minimum absolute atomic E-state index is 0.0842. The van der Waals surface area contributed by atoms with Gasteiger partial charge in [-0.3, -0.25) is 0 Å². The number of hydrogen-bond acceptors (Lipinski definition) is 7. The predicted molar refractivity (Wildman–Crippen MR) is 129 cm³/mol.